The third-order valence-electron chi connectivity index (χ3n) is 4.37. The molecule has 1 aromatic heterocycles. The topological polar surface area (TPSA) is 46.1 Å². The van der Waals surface area contributed by atoms with E-state index >= 15 is 0 Å². The molecule has 2 fully saturated rings. The van der Waals surface area contributed by atoms with Crippen LogP contribution in [-0.4, -0.2) is 33.4 Å². The number of likely N-dealkylation sites (tertiary alicyclic amines) is 1. The van der Waals surface area contributed by atoms with E-state index in [-0.39, 0.29) is 22.8 Å². The smallest absolute Gasteiger partial charge is 0.333 e. The Morgan fingerprint density at radius 3 is 2.45 bits per heavy atom. The Morgan fingerprint density at radius 1 is 1.32 bits per heavy atom. The van der Waals surface area contributed by atoms with Gasteiger partial charge in [0.05, 0.1) is 0 Å². The first kappa shape index (κ1) is 15.2. The fourth-order valence-corrected chi connectivity index (χ4v) is 3.40. The number of hydrogen-bond donors (Lipinski definition) is 0. The molecule has 2 heterocycles. The van der Waals surface area contributed by atoms with Crippen molar-refractivity contribution in [1.82, 2.24) is 14.9 Å². The van der Waals surface area contributed by atoms with E-state index in [2.05, 4.69) is 23.8 Å². The van der Waals surface area contributed by atoms with Gasteiger partial charge in [-0.05, 0) is 31.7 Å². The predicted molar refractivity (Wildman–Crippen MR) is 73.1 cm³/mol. The fraction of sp³-hybridized carbons (Fsp3) is 0.667. The maximum absolute atomic E-state index is 12.8. The normalized spacial score (nSPS) is 24.1. The number of halogens is 3. The second-order valence-corrected chi connectivity index (χ2v) is 6.92. The molecule has 1 atom stereocenters. The molecule has 0 bridgehead atoms. The van der Waals surface area contributed by atoms with Crippen LogP contribution >= 0.6 is 0 Å². The minimum Gasteiger partial charge on any atom is -0.333 e. The van der Waals surface area contributed by atoms with Crippen LogP contribution in [0.4, 0.5) is 13.2 Å². The summed E-state index contributed by atoms with van der Waals surface area (Å²) in [5.41, 5.74) is 0.000533. The zero-order chi connectivity index (χ0) is 16.3. The van der Waals surface area contributed by atoms with Crippen LogP contribution in [0.25, 0.3) is 0 Å². The summed E-state index contributed by atoms with van der Waals surface area (Å²) >= 11 is 0. The van der Waals surface area contributed by atoms with Crippen LogP contribution in [0.1, 0.15) is 48.7 Å². The van der Waals surface area contributed by atoms with Crippen molar-refractivity contribution in [3.63, 3.8) is 0 Å². The Balaban J connectivity index is 1.88. The fourth-order valence-electron chi connectivity index (χ4n) is 3.40. The molecule has 3 rings (SSSR count). The van der Waals surface area contributed by atoms with Gasteiger partial charge in [0.2, 0.25) is 5.82 Å². The number of aryl methyl sites for hydroxylation is 1. The number of carbonyl (C=O) groups is 1. The van der Waals surface area contributed by atoms with Crippen LogP contribution in [0.2, 0.25) is 0 Å². The van der Waals surface area contributed by atoms with Crippen molar-refractivity contribution >= 4 is 5.91 Å². The average molecular weight is 313 g/mol. The average Bonchev–Trinajstić information content (AvgIpc) is 3.18. The maximum atomic E-state index is 12.8. The van der Waals surface area contributed by atoms with Crippen molar-refractivity contribution in [2.24, 2.45) is 11.3 Å². The van der Waals surface area contributed by atoms with E-state index in [9.17, 15) is 18.0 Å². The molecule has 0 spiro atoms. The molecule has 0 N–H and O–H groups in total. The zero-order valence-corrected chi connectivity index (χ0v) is 12.7. The van der Waals surface area contributed by atoms with Crippen LogP contribution in [0.15, 0.2) is 6.07 Å². The monoisotopic (exact) mass is 313 g/mol. The number of carbonyl (C=O) groups excluding carboxylic acids is 1. The first-order valence-electron chi connectivity index (χ1n) is 7.33. The molecular weight excluding hydrogens is 295 g/mol. The number of rotatable bonds is 2. The molecule has 1 aromatic rings. The van der Waals surface area contributed by atoms with Gasteiger partial charge in [0.15, 0.2) is 0 Å². The highest BCUT2D eigenvalue weighted by molar-refractivity contribution is 5.93. The van der Waals surface area contributed by atoms with Crippen molar-refractivity contribution in [2.45, 2.75) is 45.8 Å². The Kier molecular flexibility index (Phi) is 3.23. The first-order valence-corrected chi connectivity index (χ1v) is 7.33. The second kappa shape index (κ2) is 4.67. The van der Waals surface area contributed by atoms with Gasteiger partial charge in [0.25, 0.3) is 5.91 Å². The quantitative estimate of drug-likeness (QED) is 0.843. The van der Waals surface area contributed by atoms with Crippen molar-refractivity contribution in [3.8, 4) is 0 Å². The van der Waals surface area contributed by atoms with Gasteiger partial charge < -0.3 is 4.90 Å². The standard InChI is InChI=1S/C15H18F3N3O/c1-8-6-10(20-13(19-8)15(16,17)18)12(22)21-7-14(2,3)11(21)9-4-5-9/h6,9,11H,4-5,7H2,1-3H3. The summed E-state index contributed by atoms with van der Waals surface area (Å²) in [6, 6.07) is 1.43. The molecular formula is C15H18F3N3O. The number of amides is 1. The van der Waals surface area contributed by atoms with Crippen LogP contribution in [0, 0.1) is 18.3 Å². The lowest BCUT2D eigenvalue weighted by Crippen LogP contribution is -2.64. The van der Waals surface area contributed by atoms with Crippen molar-refractivity contribution in [2.75, 3.05) is 6.54 Å². The molecule has 7 heteroatoms. The summed E-state index contributed by atoms with van der Waals surface area (Å²) < 4.78 is 38.4. The Hall–Kier alpha value is -1.66. The third kappa shape index (κ3) is 2.57. The zero-order valence-electron chi connectivity index (χ0n) is 12.7. The van der Waals surface area contributed by atoms with Gasteiger partial charge in [-0.1, -0.05) is 13.8 Å². The van der Waals surface area contributed by atoms with Crippen LogP contribution in [0.5, 0.6) is 0 Å². The predicted octanol–water partition coefficient (Wildman–Crippen LogP) is 3.06. The molecule has 4 nitrogen and oxygen atoms in total. The first-order chi connectivity index (χ1) is 10.1. The molecule has 1 unspecified atom stereocenters. The highest BCUT2D eigenvalue weighted by Gasteiger charge is 2.54. The summed E-state index contributed by atoms with van der Waals surface area (Å²) in [7, 11) is 0. The third-order valence-corrected chi connectivity index (χ3v) is 4.37. The molecule has 1 amide bonds. The largest absolute Gasteiger partial charge is 0.451 e. The summed E-state index contributed by atoms with van der Waals surface area (Å²) in [5, 5.41) is 0. The second-order valence-electron chi connectivity index (χ2n) is 6.92. The lowest BCUT2D eigenvalue weighted by molar-refractivity contribution is -0.145. The van der Waals surface area contributed by atoms with E-state index in [0.717, 1.165) is 12.8 Å². The maximum Gasteiger partial charge on any atom is 0.451 e. The molecule has 1 aliphatic carbocycles. The number of alkyl halides is 3. The summed E-state index contributed by atoms with van der Waals surface area (Å²) in [4.78, 5) is 21.0. The van der Waals surface area contributed by atoms with Gasteiger partial charge in [0.1, 0.15) is 5.69 Å². The highest BCUT2D eigenvalue weighted by atomic mass is 19.4. The van der Waals surface area contributed by atoms with Crippen LogP contribution in [0.3, 0.4) is 0 Å². The number of aromatic nitrogens is 2. The van der Waals surface area contributed by atoms with Gasteiger partial charge in [-0.2, -0.15) is 13.2 Å². The molecule has 120 valence electrons. The van der Waals surface area contributed by atoms with Crippen molar-refractivity contribution in [1.29, 1.82) is 0 Å². The van der Waals surface area contributed by atoms with Gasteiger partial charge in [-0.3, -0.25) is 4.79 Å². The Labute approximate surface area is 126 Å². The minimum absolute atomic E-state index is 0.0196. The minimum atomic E-state index is -4.65. The molecule has 2 aliphatic rings. The van der Waals surface area contributed by atoms with E-state index in [1.54, 1.807) is 4.90 Å². The van der Waals surface area contributed by atoms with Gasteiger partial charge in [-0.15, -0.1) is 0 Å². The van der Waals surface area contributed by atoms with Crippen molar-refractivity contribution < 1.29 is 18.0 Å². The molecule has 0 aromatic carbocycles. The van der Waals surface area contributed by atoms with E-state index < -0.39 is 17.9 Å². The van der Waals surface area contributed by atoms with Gasteiger partial charge in [-0.25, -0.2) is 9.97 Å². The molecule has 1 aliphatic heterocycles. The molecule has 0 radical (unpaired) electrons. The van der Waals surface area contributed by atoms with E-state index in [4.69, 9.17) is 0 Å². The van der Waals surface area contributed by atoms with Gasteiger partial charge in [0, 0.05) is 23.7 Å². The molecule has 1 saturated carbocycles. The number of nitrogens with zero attached hydrogens (tertiary/aromatic N) is 3. The highest BCUT2D eigenvalue weighted by Crippen LogP contribution is 2.50. The Bertz CT molecular complexity index is 623. The summed E-state index contributed by atoms with van der Waals surface area (Å²) in [6.07, 6.45) is -2.49. The lowest BCUT2D eigenvalue weighted by Gasteiger charge is -2.54. The van der Waals surface area contributed by atoms with Crippen LogP contribution in [-0.2, 0) is 6.18 Å². The summed E-state index contributed by atoms with van der Waals surface area (Å²) in [6.45, 7) is 6.17. The molecule has 22 heavy (non-hydrogen) atoms. The number of hydrogen-bond acceptors (Lipinski definition) is 3. The lowest BCUT2D eigenvalue weighted by atomic mass is 9.72. The van der Waals surface area contributed by atoms with Gasteiger partial charge >= 0.3 is 6.18 Å². The van der Waals surface area contributed by atoms with E-state index in [1.165, 1.54) is 13.0 Å². The van der Waals surface area contributed by atoms with E-state index in [1.807, 2.05) is 0 Å². The SMILES string of the molecule is Cc1cc(C(=O)N2CC(C)(C)C2C2CC2)nc(C(F)(F)F)n1. The van der Waals surface area contributed by atoms with Crippen molar-refractivity contribution in [3.05, 3.63) is 23.3 Å². The van der Waals surface area contributed by atoms with Crippen LogP contribution < -0.4 is 0 Å². The summed E-state index contributed by atoms with van der Waals surface area (Å²) in [5.74, 6) is -1.21. The Morgan fingerprint density at radius 2 is 1.95 bits per heavy atom. The molecule has 1 saturated heterocycles. The van der Waals surface area contributed by atoms with E-state index in [0.29, 0.717) is 12.5 Å².